The number of fused-ring (bicyclic) bond motifs is 1. The van der Waals surface area contributed by atoms with Gasteiger partial charge in [-0.2, -0.15) is 0 Å². The van der Waals surface area contributed by atoms with Crippen molar-refractivity contribution in [1.29, 1.82) is 0 Å². The third-order valence-electron chi connectivity index (χ3n) is 7.76. The van der Waals surface area contributed by atoms with Crippen molar-refractivity contribution in [2.45, 2.75) is 64.6 Å². The van der Waals surface area contributed by atoms with E-state index in [4.69, 9.17) is 23.2 Å². The maximum atomic E-state index is 13.9. The first kappa shape index (κ1) is 29.8. The number of nitrogens with one attached hydrogen (secondary N) is 1. The van der Waals surface area contributed by atoms with Crippen LogP contribution in [-0.2, 0) is 32.1 Å². The minimum Gasteiger partial charge on any atom is -0.352 e. The zero-order chi connectivity index (χ0) is 28.8. The number of hydrogen-bond acceptors (Lipinski definition) is 4. The summed E-state index contributed by atoms with van der Waals surface area (Å²) in [5.74, 6) is -1.76. The van der Waals surface area contributed by atoms with Crippen molar-refractivity contribution in [2.75, 3.05) is 6.54 Å². The number of benzene rings is 2. The van der Waals surface area contributed by atoms with Crippen LogP contribution in [0.25, 0.3) is 0 Å². The van der Waals surface area contributed by atoms with Crippen LogP contribution in [0.15, 0.2) is 60.7 Å². The van der Waals surface area contributed by atoms with Gasteiger partial charge in [-0.1, -0.05) is 78.7 Å². The lowest BCUT2D eigenvalue weighted by atomic mass is 9.85. The molecule has 7 nitrogen and oxygen atoms in total. The third-order valence-corrected chi connectivity index (χ3v) is 8.50. The van der Waals surface area contributed by atoms with Crippen molar-refractivity contribution in [3.05, 3.63) is 81.9 Å². The molecule has 1 aliphatic carbocycles. The molecule has 2 unspecified atom stereocenters. The number of allylic oxidation sites excluding steroid dienone is 2. The van der Waals surface area contributed by atoms with Gasteiger partial charge < -0.3 is 10.2 Å². The summed E-state index contributed by atoms with van der Waals surface area (Å²) >= 11 is 12.4. The number of rotatable bonds is 11. The fraction of sp³-hybridized carbons (Fsp3) is 0.419. The largest absolute Gasteiger partial charge is 0.352 e. The van der Waals surface area contributed by atoms with Gasteiger partial charge in [0.2, 0.25) is 23.6 Å². The number of carbonyl (C=O) groups excluding carboxylic acids is 4. The molecule has 9 heteroatoms. The molecule has 2 aliphatic rings. The van der Waals surface area contributed by atoms with Crippen LogP contribution in [0.1, 0.15) is 50.7 Å². The molecule has 1 N–H and O–H groups in total. The van der Waals surface area contributed by atoms with Crippen molar-refractivity contribution >= 4 is 46.8 Å². The van der Waals surface area contributed by atoms with Gasteiger partial charge in [0.05, 0.1) is 21.9 Å². The second-order valence-corrected chi connectivity index (χ2v) is 11.3. The molecule has 2 aromatic carbocycles. The number of imide groups is 1. The van der Waals surface area contributed by atoms with Gasteiger partial charge in [0, 0.05) is 32.0 Å². The van der Waals surface area contributed by atoms with Gasteiger partial charge >= 0.3 is 0 Å². The van der Waals surface area contributed by atoms with E-state index in [1.54, 1.807) is 18.2 Å². The average Bonchev–Trinajstić information content (AvgIpc) is 3.20. The summed E-state index contributed by atoms with van der Waals surface area (Å²) in [5, 5.41) is 3.77. The van der Waals surface area contributed by atoms with Crippen molar-refractivity contribution in [3.8, 4) is 0 Å². The van der Waals surface area contributed by atoms with E-state index in [0.29, 0.717) is 34.9 Å². The fourth-order valence-electron chi connectivity index (χ4n) is 5.27. The summed E-state index contributed by atoms with van der Waals surface area (Å²) in [6.45, 7) is 3.99. The predicted octanol–water partition coefficient (Wildman–Crippen LogP) is 5.19. The van der Waals surface area contributed by atoms with E-state index in [0.717, 1.165) is 12.0 Å². The van der Waals surface area contributed by atoms with Gasteiger partial charge in [0.15, 0.2) is 0 Å². The predicted molar refractivity (Wildman–Crippen MR) is 156 cm³/mol. The Bertz CT molecular complexity index is 1260. The Hall–Kier alpha value is -3.16. The molecule has 0 saturated carbocycles. The Morgan fingerprint density at radius 1 is 0.975 bits per heavy atom. The molecule has 1 aliphatic heterocycles. The third kappa shape index (κ3) is 6.94. The molecule has 2 aromatic rings. The van der Waals surface area contributed by atoms with E-state index >= 15 is 0 Å². The van der Waals surface area contributed by atoms with Crippen LogP contribution in [0, 0.1) is 11.8 Å². The van der Waals surface area contributed by atoms with Crippen LogP contribution >= 0.6 is 23.2 Å². The molecule has 4 rings (SSSR count). The zero-order valence-electron chi connectivity index (χ0n) is 22.8. The molecule has 212 valence electrons. The molecule has 0 bridgehead atoms. The lowest BCUT2D eigenvalue weighted by Gasteiger charge is -2.33. The highest BCUT2D eigenvalue weighted by Gasteiger charge is 2.47. The number of hydrogen-bond donors (Lipinski definition) is 1. The molecule has 0 aromatic heterocycles. The standard InChI is InChI=1S/C31H35Cl2N3O4/c1-3-20(2)34-29(38)27(18-21-9-5-4-6-10-21)36(19-22-13-14-25(32)26(33)17-22)28(37)15-16-35-30(39)23-11-7-8-12-24(23)31(35)40/h4-10,13-14,17,20,23-24,27H,3,11-12,15-16,18-19H2,1-2H3,(H,34,38)/t20?,23-,24+,27?. The molecular weight excluding hydrogens is 549 g/mol. The van der Waals surface area contributed by atoms with Crippen molar-refractivity contribution in [3.63, 3.8) is 0 Å². The van der Waals surface area contributed by atoms with E-state index in [9.17, 15) is 19.2 Å². The summed E-state index contributed by atoms with van der Waals surface area (Å²) in [6.07, 6.45) is 5.90. The Balaban J connectivity index is 1.61. The maximum Gasteiger partial charge on any atom is 0.243 e. The van der Waals surface area contributed by atoms with E-state index in [2.05, 4.69) is 5.32 Å². The minimum atomic E-state index is -0.824. The number of halogens is 2. The Kier molecular flexibility index (Phi) is 10.0. The van der Waals surface area contributed by atoms with Gasteiger partial charge in [0.1, 0.15) is 6.04 Å². The van der Waals surface area contributed by atoms with E-state index in [1.807, 2.05) is 56.3 Å². The number of carbonyl (C=O) groups is 4. The van der Waals surface area contributed by atoms with Crippen molar-refractivity contribution < 1.29 is 19.2 Å². The van der Waals surface area contributed by atoms with E-state index < -0.39 is 6.04 Å². The van der Waals surface area contributed by atoms with Crippen molar-refractivity contribution in [1.82, 2.24) is 15.1 Å². The minimum absolute atomic E-state index is 0.0214. The quantitative estimate of drug-likeness (QED) is 0.291. The van der Waals surface area contributed by atoms with E-state index in [-0.39, 0.29) is 61.0 Å². The van der Waals surface area contributed by atoms with Crippen LogP contribution in [0.4, 0.5) is 0 Å². The van der Waals surface area contributed by atoms with Gasteiger partial charge in [-0.15, -0.1) is 0 Å². The average molecular weight is 585 g/mol. The molecule has 0 spiro atoms. The van der Waals surface area contributed by atoms with Gasteiger partial charge in [-0.05, 0) is 49.4 Å². The molecule has 1 saturated heterocycles. The Labute approximate surface area is 245 Å². The molecule has 4 amide bonds. The lowest BCUT2D eigenvalue weighted by molar-refractivity contribution is -0.144. The fourth-order valence-corrected chi connectivity index (χ4v) is 5.59. The van der Waals surface area contributed by atoms with Crippen LogP contribution < -0.4 is 5.32 Å². The van der Waals surface area contributed by atoms with Crippen LogP contribution in [0.5, 0.6) is 0 Å². The number of likely N-dealkylation sites (tertiary alicyclic amines) is 1. The molecular formula is C31H35Cl2N3O4. The highest BCUT2D eigenvalue weighted by atomic mass is 35.5. The second-order valence-electron chi connectivity index (χ2n) is 10.5. The first-order chi connectivity index (χ1) is 19.2. The number of amides is 4. The van der Waals surface area contributed by atoms with Crippen molar-refractivity contribution in [2.24, 2.45) is 11.8 Å². The summed E-state index contributed by atoms with van der Waals surface area (Å²) in [5.41, 5.74) is 1.61. The molecule has 1 heterocycles. The van der Waals surface area contributed by atoms with Crippen LogP contribution in [0.3, 0.4) is 0 Å². The van der Waals surface area contributed by atoms with Gasteiger partial charge in [0.25, 0.3) is 0 Å². The smallest absolute Gasteiger partial charge is 0.243 e. The van der Waals surface area contributed by atoms with Gasteiger partial charge in [-0.3, -0.25) is 24.1 Å². The molecule has 40 heavy (non-hydrogen) atoms. The summed E-state index contributed by atoms with van der Waals surface area (Å²) in [6, 6.07) is 13.7. The molecule has 0 radical (unpaired) electrons. The Morgan fingerprint density at radius 3 is 2.23 bits per heavy atom. The summed E-state index contributed by atoms with van der Waals surface area (Å²) in [7, 11) is 0. The second kappa shape index (κ2) is 13.5. The maximum absolute atomic E-state index is 13.9. The monoisotopic (exact) mass is 583 g/mol. The first-order valence-electron chi connectivity index (χ1n) is 13.8. The molecule has 4 atom stereocenters. The van der Waals surface area contributed by atoms with Gasteiger partial charge in [-0.25, -0.2) is 0 Å². The number of nitrogens with zero attached hydrogens (tertiary/aromatic N) is 2. The SMILES string of the molecule is CCC(C)NC(=O)C(Cc1ccccc1)N(Cc1ccc(Cl)c(Cl)c1)C(=O)CCN1C(=O)[C@H]2CC=CC[C@H]2C1=O. The molecule has 1 fully saturated rings. The zero-order valence-corrected chi connectivity index (χ0v) is 24.3. The topological polar surface area (TPSA) is 86.8 Å². The highest BCUT2D eigenvalue weighted by molar-refractivity contribution is 6.42. The van der Waals surface area contributed by atoms with Crippen LogP contribution in [0.2, 0.25) is 10.0 Å². The Morgan fingerprint density at radius 2 is 1.62 bits per heavy atom. The highest BCUT2D eigenvalue weighted by Crippen LogP contribution is 2.35. The lowest BCUT2D eigenvalue weighted by Crippen LogP contribution is -2.52. The van der Waals surface area contributed by atoms with Crippen LogP contribution in [-0.4, -0.2) is 52.1 Å². The first-order valence-corrected chi connectivity index (χ1v) is 14.5. The summed E-state index contributed by atoms with van der Waals surface area (Å²) < 4.78 is 0. The normalized spacial score (nSPS) is 19.8. The summed E-state index contributed by atoms with van der Waals surface area (Å²) in [4.78, 5) is 56.3. The van der Waals surface area contributed by atoms with E-state index in [1.165, 1.54) is 9.80 Å².